The van der Waals surface area contributed by atoms with E-state index in [-0.39, 0.29) is 18.6 Å². The van der Waals surface area contributed by atoms with Crippen LogP contribution in [0.1, 0.15) is 43.2 Å². The van der Waals surface area contributed by atoms with Crippen molar-refractivity contribution in [3.63, 3.8) is 0 Å². The Balaban J connectivity index is 1.94. The minimum atomic E-state index is -0.826. The predicted octanol–water partition coefficient (Wildman–Crippen LogP) is 2.83. The van der Waals surface area contributed by atoms with Gasteiger partial charge in [0.05, 0.1) is 5.92 Å². The van der Waals surface area contributed by atoms with E-state index in [1.54, 1.807) is 0 Å². The number of carbonyl (C=O) groups excluding carboxylic acids is 1. The monoisotopic (exact) mass is 319 g/mol. The van der Waals surface area contributed by atoms with Crippen LogP contribution < -0.4 is 10.1 Å². The molecule has 1 aliphatic rings. The van der Waals surface area contributed by atoms with Crippen LogP contribution >= 0.6 is 0 Å². The molecule has 5 heteroatoms. The second-order valence-corrected chi connectivity index (χ2v) is 6.27. The Morgan fingerprint density at radius 3 is 2.48 bits per heavy atom. The number of rotatable bonds is 5. The molecule has 0 aromatic heterocycles. The van der Waals surface area contributed by atoms with Crippen molar-refractivity contribution >= 4 is 11.9 Å². The van der Waals surface area contributed by atoms with Crippen molar-refractivity contribution in [2.24, 2.45) is 5.92 Å². The first kappa shape index (κ1) is 17.3. The summed E-state index contributed by atoms with van der Waals surface area (Å²) in [6.07, 6.45) is 4.22. The normalized spacial score (nSPS) is 21.3. The molecular formula is C18H25NO4. The Labute approximate surface area is 137 Å². The van der Waals surface area contributed by atoms with Gasteiger partial charge < -0.3 is 15.2 Å². The Bertz CT molecular complexity index is 550. The van der Waals surface area contributed by atoms with E-state index in [4.69, 9.17) is 4.74 Å². The number of carboxylic acid groups (broad SMARTS) is 1. The molecule has 0 unspecified atom stereocenters. The van der Waals surface area contributed by atoms with E-state index >= 15 is 0 Å². The molecule has 23 heavy (non-hydrogen) atoms. The van der Waals surface area contributed by atoms with Crippen molar-refractivity contribution in [3.8, 4) is 5.75 Å². The van der Waals surface area contributed by atoms with Gasteiger partial charge in [0, 0.05) is 6.04 Å². The van der Waals surface area contributed by atoms with Crippen LogP contribution in [0.4, 0.5) is 0 Å². The molecule has 0 spiro atoms. The van der Waals surface area contributed by atoms with Gasteiger partial charge in [-0.05, 0) is 37.8 Å². The first-order chi connectivity index (χ1) is 11.0. The van der Waals surface area contributed by atoms with Crippen LogP contribution in [0.5, 0.6) is 5.75 Å². The van der Waals surface area contributed by atoms with E-state index in [9.17, 15) is 14.7 Å². The number of ether oxygens (including phenoxy) is 1. The van der Waals surface area contributed by atoms with Gasteiger partial charge in [-0.2, -0.15) is 0 Å². The molecule has 2 atom stereocenters. The minimum absolute atomic E-state index is 0.0888. The average Bonchev–Trinajstić information content (AvgIpc) is 2.72. The largest absolute Gasteiger partial charge is 0.483 e. The van der Waals surface area contributed by atoms with Gasteiger partial charge in [0.1, 0.15) is 5.75 Å². The molecule has 126 valence electrons. The molecule has 1 aromatic carbocycles. The number of hydrogen-bond donors (Lipinski definition) is 2. The zero-order valence-electron chi connectivity index (χ0n) is 13.8. The lowest BCUT2D eigenvalue weighted by molar-refractivity contribution is -0.143. The predicted molar refractivity (Wildman–Crippen MR) is 87.6 cm³/mol. The van der Waals surface area contributed by atoms with Crippen molar-refractivity contribution in [2.75, 3.05) is 6.61 Å². The van der Waals surface area contributed by atoms with Crippen molar-refractivity contribution in [2.45, 2.75) is 52.0 Å². The highest BCUT2D eigenvalue weighted by molar-refractivity contribution is 5.79. The molecule has 1 fully saturated rings. The number of aryl methyl sites for hydroxylation is 2. The smallest absolute Gasteiger partial charge is 0.308 e. The standard InChI is InChI=1S/C18H25NO4/c1-12-7-6-8-13(2)17(12)23-11-16(20)19-15-10-5-3-4-9-14(15)18(21)22/h6-8,14-15H,3-5,9-11H2,1-2H3,(H,19,20)(H,21,22)/t14-,15+/m1/s1. The Morgan fingerprint density at radius 2 is 1.83 bits per heavy atom. The van der Waals surface area contributed by atoms with Gasteiger partial charge in [-0.25, -0.2) is 0 Å². The summed E-state index contributed by atoms with van der Waals surface area (Å²) in [5.41, 5.74) is 1.96. The lowest BCUT2D eigenvalue weighted by Gasteiger charge is -2.23. The maximum absolute atomic E-state index is 12.2. The Morgan fingerprint density at radius 1 is 1.17 bits per heavy atom. The molecule has 2 rings (SSSR count). The third-order valence-electron chi connectivity index (χ3n) is 4.44. The summed E-state index contributed by atoms with van der Waals surface area (Å²) in [7, 11) is 0. The van der Waals surface area contributed by atoms with Gasteiger partial charge in [-0.3, -0.25) is 9.59 Å². The highest BCUT2D eigenvalue weighted by Crippen LogP contribution is 2.24. The van der Waals surface area contributed by atoms with Crippen molar-refractivity contribution < 1.29 is 19.4 Å². The molecule has 0 heterocycles. The number of para-hydroxylation sites is 1. The summed E-state index contributed by atoms with van der Waals surface area (Å²) >= 11 is 0. The summed E-state index contributed by atoms with van der Waals surface area (Å²) in [4.78, 5) is 23.5. The lowest BCUT2D eigenvalue weighted by atomic mass is 9.95. The zero-order valence-corrected chi connectivity index (χ0v) is 13.8. The fourth-order valence-corrected chi connectivity index (χ4v) is 3.19. The van der Waals surface area contributed by atoms with E-state index < -0.39 is 11.9 Å². The minimum Gasteiger partial charge on any atom is -0.483 e. The van der Waals surface area contributed by atoms with Crippen LogP contribution in [0.15, 0.2) is 18.2 Å². The lowest BCUT2D eigenvalue weighted by Crippen LogP contribution is -2.44. The van der Waals surface area contributed by atoms with Crippen molar-refractivity contribution in [3.05, 3.63) is 29.3 Å². The molecule has 0 saturated heterocycles. The maximum atomic E-state index is 12.2. The topological polar surface area (TPSA) is 75.6 Å². The van der Waals surface area contributed by atoms with E-state index in [0.29, 0.717) is 12.8 Å². The van der Waals surface area contributed by atoms with Crippen LogP contribution in [-0.2, 0) is 9.59 Å². The van der Waals surface area contributed by atoms with Gasteiger partial charge in [0.2, 0.25) is 0 Å². The number of amides is 1. The van der Waals surface area contributed by atoms with Gasteiger partial charge in [0.15, 0.2) is 6.61 Å². The Kier molecular flexibility index (Phi) is 6.02. The first-order valence-corrected chi connectivity index (χ1v) is 8.20. The molecule has 0 aliphatic heterocycles. The second kappa shape index (κ2) is 7.99. The molecular weight excluding hydrogens is 294 g/mol. The van der Waals surface area contributed by atoms with E-state index in [2.05, 4.69) is 5.32 Å². The van der Waals surface area contributed by atoms with E-state index in [1.807, 2.05) is 32.0 Å². The van der Waals surface area contributed by atoms with Gasteiger partial charge in [-0.15, -0.1) is 0 Å². The fraction of sp³-hybridized carbons (Fsp3) is 0.556. The summed E-state index contributed by atoms with van der Waals surface area (Å²) in [6.45, 7) is 3.78. The van der Waals surface area contributed by atoms with Crippen molar-refractivity contribution in [1.82, 2.24) is 5.32 Å². The van der Waals surface area contributed by atoms with Crippen LogP contribution in [0, 0.1) is 19.8 Å². The number of benzene rings is 1. The molecule has 1 aromatic rings. The summed E-state index contributed by atoms with van der Waals surface area (Å²) in [6, 6.07) is 5.52. The Hall–Kier alpha value is -2.04. The third kappa shape index (κ3) is 4.71. The van der Waals surface area contributed by atoms with Crippen LogP contribution in [-0.4, -0.2) is 29.6 Å². The quantitative estimate of drug-likeness (QED) is 0.818. The zero-order chi connectivity index (χ0) is 16.8. The molecule has 1 aliphatic carbocycles. The summed E-state index contributed by atoms with van der Waals surface area (Å²) < 4.78 is 5.64. The SMILES string of the molecule is Cc1cccc(C)c1OCC(=O)N[C@H]1CCCCC[C@H]1C(=O)O. The number of hydrogen-bond acceptors (Lipinski definition) is 3. The average molecular weight is 319 g/mol. The van der Waals surface area contributed by atoms with Crippen LogP contribution in [0.3, 0.4) is 0 Å². The first-order valence-electron chi connectivity index (χ1n) is 8.20. The van der Waals surface area contributed by atoms with E-state index in [0.717, 1.165) is 36.1 Å². The van der Waals surface area contributed by atoms with Crippen molar-refractivity contribution in [1.29, 1.82) is 0 Å². The molecule has 1 saturated carbocycles. The van der Waals surface area contributed by atoms with E-state index in [1.165, 1.54) is 0 Å². The molecule has 2 N–H and O–H groups in total. The molecule has 5 nitrogen and oxygen atoms in total. The van der Waals surface area contributed by atoms with Crippen LogP contribution in [0.2, 0.25) is 0 Å². The highest BCUT2D eigenvalue weighted by atomic mass is 16.5. The number of carboxylic acids is 1. The number of nitrogens with one attached hydrogen (secondary N) is 1. The molecule has 1 amide bonds. The maximum Gasteiger partial charge on any atom is 0.308 e. The van der Waals surface area contributed by atoms with Gasteiger partial charge >= 0.3 is 5.97 Å². The summed E-state index contributed by atoms with van der Waals surface area (Å²) in [5.74, 6) is -0.862. The molecule has 0 bridgehead atoms. The number of aliphatic carboxylic acids is 1. The van der Waals surface area contributed by atoms with Gasteiger partial charge in [-0.1, -0.05) is 37.5 Å². The summed E-state index contributed by atoms with van der Waals surface area (Å²) in [5, 5.41) is 12.2. The third-order valence-corrected chi connectivity index (χ3v) is 4.44. The molecule has 0 radical (unpaired) electrons. The highest BCUT2D eigenvalue weighted by Gasteiger charge is 2.30. The fourth-order valence-electron chi connectivity index (χ4n) is 3.19. The second-order valence-electron chi connectivity index (χ2n) is 6.27. The number of carbonyl (C=O) groups is 2. The van der Waals surface area contributed by atoms with Crippen LogP contribution in [0.25, 0.3) is 0 Å². The van der Waals surface area contributed by atoms with Gasteiger partial charge in [0.25, 0.3) is 5.91 Å².